The number of amides is 1. The Morgan fingerprint density at radius 1 is 1.44 bits per heavy atom. The molecule has 5 heteroatoms. The molecule has 2 N–H and O–H groups in total. The summed E-state index contributed by atoms with van der Waals surface area (Å²) in [4.78, 5) is 11.8. The van der Waals surface area contributed by atoms with Crippen LogP contribution in [0.3, 0.4) is 0 Å². The molecule has 0 aromatic heterocycles. The third kappa shape index (κ3) is 4.27. The SMILES string of the molecule is CNCCCNC(=O)c1cc(Cl)ccc1I. The number of halogens is 2. The Morgan fingerprint density at radius 2 is 2.19 bits per heavy atom. The first-order chi connectivity index (χ1) is 7.65. The van der Waals surface area contributed by atoms with Crippen molar-refractivity contribution in [3.63, 3.8) is 0 Å². The Morgan fingerprint density at radius 3 is 2.88 bits per heavy atom. The maximum atomic E-state index is 11.8. The monoisotopic (exact) mass is 352 g/mol. The molecule has 16 heavy (non-hydrogen) atoms. The zero-order valence-electron chi connectivity index (χ0n) is 9.02. The van der Waals surface area contributed by atoms with Crippen LogP contribution in [0, 0.1) is 3.57 Å². The van der Waals surface area contributed by atoms with Crippen LogP contribution in [0.25, 0.3) is 0 Å². The van der Waals surface area contributed by atoms with Crippen LogP contribution in [0.5, 0.6) is 0 Å². The summed E-state index contributed by atoms with van der Waals surface area (Å²) < 4.78 is 0.910. The summed E-state index contributed by atoms with van der Waals surface area (Å²) in [5.74, 6) is -0.0667. The average molecular weight is 353 g/mol. The molecule has 1 aromatic carbocycles. The molecule has 0 heterocycles. The first kappa shape index (κ1) is 13.7. The maximum Gasteiger partial charge on any atom is 0.252 e. The van der Waals surface area contributed by atoms with Crippen molar-refractivity contribution in [2.24, 2.45) is 0 Å². The van der Waals surface area contributed by atoms with Crippen molar-refractivity contribution in [3.8, 4) is 0 Å². The number of nitrogens with one attached hydrogen (secondary N) is 2. The van der Waals surface area contributed by atoms with Gasteiger partial charge in [0.2, 0.25) is 0 Å². The first-order valence-electron chi connectivity index (χ1n) is 5.03. The summed E-state index contributed by atoms with van der Waals surface area (Å²) in [7, 11) is 1.89. The molecule has 0 saturated carbocycles. The molecule has 0 atom stereocenters. The minimum atomic E-state index is -0.0667. The molecule has 0 saturated heterocycles. The van der Waals surface area contributed by atoms with Crippen LogP contribution < -0.4 is 10.6 Å². The van der Waals surface area contributed by atoms with E-state index in [-0.39, 0.29) is 5.91 Å². The largest absolute Gasteiger partial charge is 0.352 e. The molecule has 0 radical (unpaired) electrons. The fraction of sp³-hybridized carbons (Fsp3) is 0.364. The average Bonchev–Trinajstić information content (AvgIpc) is 2.27. The third-order valence-corrected chi connectivity index (χ3v) is 3.24. The Kier molecular flexibility index (Phi) is 6.08. The summed E-state index contributed by atoms with van der Waals surface area (Å²) >= 11 is 7.98. The standard InChI is InChI=1S/C11H14ClIN2O/c1-14-5-2-6-15-11(16)9-7-8(12)3-4-10(9)13/h3-4,7,14H,2,5-6H2,1H3,(H,15,16). The maximum absolute atomic E-state index is 11.8. The van der Waals surface area contributed by atoms with Crippen molar-refractivity contribution in [3.05, 3.63) is 32.4 Å². The molecule has 0 aliphatic heterocycles. The molecule has 1 amide bonds. The van der Waals surface area contributed by atoms with Crippen molar-refractivity contribution >= 4 is 40.1 Å². The van der Waals surface area contributed by atoms with Crippen LogP contribution >= 0.6 is 34.2 Å². The molecule has 1 aromatic rings. The van der Waals surface area contributed by atoms with Gasteiger partial charge in [0, 0.05) is 15.1 Å². The minimum absolute atomic E-state index is 0.0667. The number of benzene rings is 1. The second-order valence-corrected chi connectivity index (χ2v) is 4.94. The predicted octanol–water partition coefficient (Wildman–Crippen LogP) is 2.28. The second-order valence-electron chi connectivity index (χ2n) is 3.34. The van der Waals surface area contributed by atoms with Gasteiger partial charge in [-0.1, -0.05) is 11.6 Å². The summed E-state index contributed by atoms with van der Waals surface area (Å²) in [6.45, 7) is 1.56. The summed E-state index contributed by atoms with van der Waals surface area (Å²) in [6, 6.07) is 5.31. The van der Waals surface area contributed by atoms with Gasteiger partial charge in [-0.25, -0.2) is 0 Å². The van der Waals surface area contributed by atoms with Gasteiger partial charge in [0.25, 0.3) is 5.91 Å². The molecule has 0 unspecified atom stereocenters. The molecule has 0 bridgehead atoms. The lowest BCUT2D eigenvalue weighted by Crippen LogP contribution is -2.27. The summed E-state index contributed by atoms with van der Waals surface area (Å²) in [5.41, 5.74) is 0.637. The molecule has 0 aliphatic carbocycles. The Bertz CT molecular complexity index is 371. The first-order valence-corrected chi connectivity index (χ1v) is 6.48. The van der Waals surface area contributed by atoms with Gasteiger partial charge < -0.3 is 10.6 Å². The molecule has 1 rings (SSSR count). The Labute approximate surface area is 114 Å². The highest BCUT2D eigenvalue weighted by Gasteiger charge is 2.09. The molecular weight excluding hydrogens is 338 g/mol. The predicted molar refractivity (Wildman–Crippen MR) is 75.0 cm³/mol. The van der Waals surface area contributed by atoms with Gasteiger partial charge in [-0.3, -0.25) is 4.79 Å². The zero-order valence-corrected chi connectivity index (χ0v) is 11.9. The zero-order chi connectivity index (χ0) is 12.0. The Balaban J connectivity index is 2.55. The highest BCUT2D eigenvalue weighted by Crippen LogP contribution is 2.17. The lowest BCUT2D eigenvalue weighted by Gasteiger charge is -2.07. The number of carbonyl (C=O) groups is 1. The summed E-state index contributed by atoms with van der Waals surface area (Å²) in [6.07, 6.45) is 0.916. The van der Waals surface area contributed by atoms with Gasteiger partial charge >= 0.3 is 0 Å². The smallest absolute Gasteiger partial charge is 0.252 e. The second kappa shape index (κ2) is 7.09. The minimum Gasteiger partial charge on any atom is -0.352 e. The van der Waals surface area contributed by atoms with Crippen molar-refractivity contribution in [2.45, 2.75) is 6.42 Å². The molecule has 0 fully saturated rings. The molecule has 3 nitrogen and oxygen atoms in total. The fourth-order valence-corrected chi connectivity index (χ4v) is 1.99. The number of hydrogen-bond donors (Lipinski definition) is 2. The van der Waals surface area contributed by atoms with Gasteiger partial charge in [0.1, 0.15) is 0 Å². The van der Waals surface area contributed by atoms with E-state index in [1.165, 1.54) is 0 Å². The van der Waals surface area contributed by atoms with E-state index in [9.17, 15) is 4.79 Å². The molecular formula is C11H14ClIN2O. The van der Waals surface area contributed by atoms with E-state index in [2.05, 4.69) is 33.2 Å². The van der Waals surface area contributed by atoms with Crippen molar-refractivity contribution in [1.29, 1.82) is 0 Å². The van der Waals surface area contributed by atoms with Gasteiger partial charge in [-0.05, 0) is 60.8 Å². The molecule has 0 aliphatic rings. The summed E-state index contributed by atoms with van der Waals surface area (Å²) in [5, 5.41) is 6.47. The van der Waals surface area contributed by atoms with Gasteiger partial charge in [0.05, 0.1) is 5.56 Å². The Hall–Kier alpha value is -0.330. The lowest BCUT2D eigenvalue weighted by atomic mass is 10.2. The van der Waals surface area contributed by atoms with Gasteiger partial charge in [0.15, 0.2) is 0 Å². The molecule has 0 spiro atoms. The number of hydrogen-bond acceptors (Lipinski definition) is 2. The van der Waals surface area contributed by atoms with Crippen LogP contribution in [-0.2, 0) is 0 Å². The lowest BCUT2D eigenvalue weighted by molar-refractivity contribution is 0.0952. The van der Waals surface area contributed by atoms with Crippen molar-refractivity contribution < 1.29 is 4.79 Å². The van der Waals surface area contributed by atoms with Crippen LogP contribution in [-0.4, -0.2) is 26.0 Å². The van der Waals surface area contributed by atoms with E-state index in [1.54, 1.807) is 12.1 Å². The van der Waals surface area contributed by atoms with Gasteiger partial charge in [-0.15, -0.1) is 0 Å². The van der Waals surface area contributed by atoms with Crippen LogP contribution in [0.15, 0.2) is 18.2 Å². The van der Waals surface area contributed by atoms with Crippen molar-refractivity contribution in [1.82, 2.24) is 10.6 Å². The topological polar surface area (TPSA) is 41.1 Å². The highest BCUT2D eigenvalue weighted by atomic mass is 127. The van der Waals surface area contributed by atoms with E-state index >= 15 is 0 Å². The number of carbonyl (C=O) groups excluding carboxylic acids is 1. The van der Waals surface area contributed by atoms with E-state index in [0.717, 1.165) is 16.5 Å². The van der Waals surface area contributed by atoms with Crippen LogP contribution in [0.4, 0.5) is 0 Å². The fourth-order valence-electron chi connectivity index (χ4n) is 1.23. The number of rotatable bonds is 5. The van der Waals surface area contributed by atoms with E-state index in [1.807, 2.05) is 13.1 Å². The van der Waals surface area contributed by atoms with Crippen LogP contribution in [0.1, 0.15) is 16.8 Å². The van der Waals surface area contributed by atoms with Gasteiger partial charge in [-0.2, -0.15) is 0 Å². The quantitative estimate of drug-likeness (QED) is 0.630. The highest BCUT2D eigenvalue weighted by molar-refractivity contribution is 14.1. The van der Waals surface area contributed by atoms with E-state index in [4.69, 9.17) is 11.6 Å². The van der Waals surface area contributed by atoms with Crippen LogP contribution in [0.2, 0.25) is 5.02 Å². The normalized spacial score (nSPS) is 10.2. The van der Waals surface area contributed by atoms with E-state index in [0.29, 0.717) is 17.1 Å². The van der Waals surface area contributed by atoms with E-state index < -0.39 is 0 Å². The third-order valence-electron chi connectivity index (χ3n) is 2.06. The van der Waals surface area contributed by atoms with Crippen molar-refractivity contribution in [2.75, 3.05) is 20.1 Å². The molecule has 88 valence electrons.